The third-order valence-corrected chi connectivity index (χ3v) is 9.86. The van der Waals surface area contributed by atoms with Gasteiger partial charge in [0.15, 0.2) is 0 Å². The van der Waals surface area contributed by atoms with Gasteiger partial charge in [0.25, 0.3) is 0 Å². The molecule has 4 atom stereocenters. The Bertz CT molecular complexity index is 842. The molecule has 0 bridgehead atoms. The maximum absolute atomic E-state index is 12.7. The summed E-state index contributed by atoms with van der Waals surface area (Å²) < 4.78 is 22.0. The molecule has 0 saturated carbocycles. The number of carbonyl (C=O) groups is 1. The first kappa shape index (κ1) is 47.9. The number of aliphatic hydroxyl groups excluding tert-OH is 2. The first-order valence-corrected chi connectivity index (χ1v) is 21.5. The zero-order valence-corrected chi connectivity index (χ0v) is 32.4. The summed E-state index contributed by atoms with van der Waals surface area (Å²) in [6.45, 7) is 3.89. The predicted octanol–water partition coefficient (Wildman–Crippen LogP) is 9.58. The quantitative estimate of drug-likeness (QED) is 0.0242. The summed E-state index contributed by atoms with van der Waals surface area (Å²) in [7, 11) is -4.36. The lowest BCUT2D eigenvalue weighted by atomic mass is 10.0. The van der Waals surface area contributed by atoms with Crippen LogP contribution in [0.5, 0.6) is 0 Å². The minimum Gasteiger partial charge on any atom is -0.393 e. The molecule has 9 nitrogen and oxygen atoms in total. The number of allylic oxidation sites excluding steroid dienone is 4. The van der Waals surface area contributed by atoms with Crippen LogP contribution in [0.2, 0.25) is 0 Å². The lowest BCUT2D eigenvalue weighted by Crippen LogP contribution is -2.47. The van der Waals surface area contributed by atoms with E-state index in [1.807, 2.05) is 0 Å². The van der Waals surface area contributed by atoms with Crippen molar-refractivity contribution in [3.05, 3.63) is 24.3 Å². The van der Waals surface area contributed by atoms with Gasteiger partial charge in [-0.2, -0.15) is 0 Å². The van der Waals surface area contributed by atoms with Crippen LogP contribution in [-0.4, -0.2) is 59.0 Å². The van der Waals surface area contributed by atoms with Crippen molar-refractivity contribution in [3.8, 4) is 0 Å². The van der Waals surface area contributed by atoms with Crippen LogP contribution in [0.25, 0.3) is 0 Å². The smallest absolute Gasteiger partial charge is 0.393 e. The minimum absolute atomic E-state index is 0.0595. The highest BCUT2D eigenvalue weighted by Crippen LogP contribution is 2.43. The minimum atomic E-state index is -4.36. The van der Waals surface area contributed by atoms with Crippen LogP contribution in [0.1, 0.15) is 181 Å². The van der Waals surface area contributed by atoms with Gasteiger partial charge in [0.05, 0.1) is 37.9 Å². The van der Waals surface area contributed by atoms with Gasteiger partial charge in [0.2, 0.25) is 5.91 Å². The van der Waals surface area contributed by atoms with Gasteiger partial charge < -0.3 is 26.2 Å². The number of nitrogens with two attached hydrogens (primary N) is 1. The highest BCUT2D eigenvalue weighted by molar-refractivity contribution is 7.47. The summed E-state index contributed by atoms with van der Waals surface area (Å²) in [6.07, 6.45) is 35.3. The molecule has 0 aromatic carbocycles. The number of aliphatic hydroxyl groups is 2. The van der Waals surface area contributed by atoms with Crippen LogP contribution in [0.3, 0.4) is 0 Å². The van der Waals surface area contributed by atoms with Crippen molar-refractivity contribution in [3.63, 3.8) is 0 Å². The van der Waals surface area contributed by atoms with Crippen molar-refractivity contribution in [2.45, 2.75) is 199 Å². The first-order valence-electron chi connectivity index (χ1n) is 20.0. The van der Waals surface area contributed by atoms with E-state index in [1.165, 1.54) is 96.3 Å². The van der Waals surface area contributed by atoms with E-state index in [0.717, 1.165) is 51.4 Å². The highest BCUT2D eigenvalue weighted by atomic mass is 31.2. The average Bonchev–Trinajstić information content (AvgIpc) is 3.07. The van der Waals surface area contributed by atoms with Gasteiger partial charge in [-0.1, -0.05) is 160 Å². The molecule has 0 fully saturated rings. The lowest BCUT2D eigenvalue weighted by Gasteiger charge is -2.25. The number of phosphoric acid groups is 1. The fourth-order valence-electron chi connectivity index (χ4n) is 5.86. The Morgan fingerprint density at radius 2 is 1.22 bits per heavy atom. The second-order valence-electron chi connectivity index (χ2n) is 13.7. The topological polar surface area (TPSA) is 151 Å². The largest absolute Gasteiger partial charge is 0.472 e. The Balaban J connectivity index is 4.15. The Morgan fingerprint density at radius 3 is 1.78 bits per heavy atom. The van der Waals surface area contributed by atoms with Crippen LogP contribution in [0, 0.1) is 0 Å². The summed E-state index contributed by atoms with van der Waals surface area (Å²) in [5.41, 5.74) is 5.34. The Kier molecular flexibility index (Phi) is 34.6. The molecule has 0 aromatic rings. The van der Waals surface area contributed by atoms with E-state index in [4.69, 9.17) is 14.8 Å². The van der Waals surface area contributed by atoms with E-state index in [9.17, 15) is 24.5 Å². The molecule has 6 N–H and O–H groups in total. The third-order valence-electron chi connectivity index (χ3n) is 8.87. The number of hydrogen-bond donors (Lipinski definition) is 5. The molecule has 0 saturated heterocycles. The molecular weight excluding hydrogens is 639 g/mol. The summed E-state index contributed by atoms with van der Waals surface area (Å²) in [5, 5.41) is 24.0. The molecule has 10 heteroatoms. The van der Waals surface area contributed by atoms with Crippen molar-refractivity contribution in [2.75, 3.05) is 19.8 Å². The average molecular weight is 717 g/mol. The van der Waals surface area contributed by atoms with E-state index in [-0.39, 0.29) is 26.2 Å². The van der Waals surface area contributed by atoms with E-state index < -0.39 is 32.0 Å². The van der Waals surface area contributed by atoms with Gasteiger partial charge in [-0.05, 0) is 38.5 Å². The summed E-state index contributed by atoms with van der Waals surface area (Å²) in [4.78, 5) is 22.6. The molecule has 0 aliphatic carbocycles. The maximum Gasteiger partial charge on any atom is 0.472 e. The first-order chi connectivity index (χ1) is 23.8. The molecule has 290 valence electrons. The summed E-state index contributed by atoms with van der Waals surface area (Å²) in [6, 6.07) is -0.892. The second kappa shape index (κ2) is 35.3. The molecule has 0 radical (unpaired) electrons. The molecule has 49 heavy (non-hydrogen) atoms. The molecule has 0 rings (SSSR count). The number of amides is 1. The number of carbonyl (C=O) groups excluding carboxylic acids is 1. The zero-order valence-electron chi connectivity index (χ0n) is 31.5. The summed E-state index contributed by atoms with van der Waals surface area (Å²) in [5.74, 6) is -0.418. The number of hydrogen-bond acceptors (Lipinski definition) is 7. The zero-order chi connectivity index (χ0) is 36.3. The Morgan fingerprint density at radius 1 is 0.714 bits per heavy atom. The lowest BCUT2D eigenvalue weighted by molar-refractivity contribution is -0.125. The highest BCUT2D eigenvalue weighted by Gasteiger charge is 2.28. The van der Waals surface area contributed by atoms with E-state index in [1.54, 1.807) is 0 Å². The molecule has 4 unspecified atom stereocenters. The third kappa shape index (κ3) is 33.8. The molecular formula is C39H77N2O7P. The SMILES string of the molecule is CC/C=C\C/C=C\CCCCCCCCCCCCCCC(O)CC(=O)NC(COP(=O)(O)OCCN)C(O)CCCCCCCCCC. The van der Waals surface area contributed by atoms with Crippen molar-refractivity contribution < 1.29 is 33.5 Å². The Labute approximate surface area is 300 Å². The van der Waals surface area contributed by atoms with Gasteiger partial charge in [-0.25, -0.2) is 4.57 Å². The van der Waals surface area contributed by atoms with Gasteiger partial charge in [0, 0.05) is 6.54 Å². The molecule has 1 amide bonds. The molecule has 0 aromatic heterocycles. The van der Waals surface area contributed by atoms with E-state index >= 15 is 0 Å². The number of phosphoric ester groups is 1. The van der Waals surface area contributed by atoms with Crippen molar-refractivity contribution in [2.24, 2.45) is 5.73 Å². The molecule has 0 spiro atoms. The van der Waals surface area contributed by atoms with Gasteiger partial charge >= 0.3 is 7.82 Å². The molecule has 0 aliphatic rings. The predicted molar refractivity (Wildman–Crippen MR) is 204 cm³/mol. The van der Waals surface area contributed by atoms with Crippen molar-refractivity contribution in [1.29, 1.82) is 0 Å². The second-order valence-corrected chi connectivity index (χ2v) is 15.1. The number of rotatable bonds is 37. The van der Waals surface area contributed by atoms with Crippen LogP contribution in [0.4, 0.5) is 0 Å². The monoisotopic (exact) mass is 717 g/mol. The van der Waals surface area contributed by atoms with Gasteiger partial charge in [0.1, 0.15) is 0 Å². The van der Waals surface area contributed by atoms with Crippen molar-refractivity contribution >= 4 is 13.7 Å². The maximum atomic E-state index is 12.7. The standard InChI is InChI=1S/C39H77N2O7P/c1-3-5-7-9-11-13-14-15-16-17-18-19-20-21-22-23-24-26-28-30-36(42)34-39(44)41-37(35-48-49(45,46)47-33-32-40)38(43)31-29-27-25-12-10-8-6-4-2/h5,7,11,13,36-38,42-43H,3-4,6,8-10,12,14-35,40H2,1-2H3,(H,41,44)(H,45,46)/b7-5-,13-11-. The molecule has 0 aliphatic heterocycles. The summed E-state index contributed by atoms with van der Waals surface area (Å²) >= 11 is 0. The Hall–Kier alpha value is -1.06. The van der Waals surface area contributed by atoms with E-state index in [0.29, 0.717) is 12.8 Å². The number of nitrogens with one attached hydrogen (secondary N) is 1. The number of unbranched alkanes of at least 4 members (excludes halogenated alkanes) is 19. The normalized spacial score (nSPS) is 15.1. The van der Waals surface area contributed by atoms with Crippen LogP contribution in [-0.2, 0) is 18.4 Å². The van der Waals surface area contributed by atoms with Gasteiger partial charge in [-0.15, -0.1) is 0 Å². The fraction of sp³-hybridized carbons (Fsp3) is 0.872. The van der Waals surface area contributed by atoms with Crippen molar-refractivity contribution in [1.82, 2.24) is 5.32 Å². The fourth-order valence-corrected chi connectivity index (χ4v) is 6.62. The van der Waals surface area contributed by atoms with Crippen LogP contribution in [0.15, 0.2) is 24.3 Å². The molecule has 0 heterocycles. The van der Waals surface area contributed by atoms with Crippen LogP contribution < -0.4 is 11.1 Å². The van der Waals surface area contributed by atoms with Gasteiger partial charge in [-0.3, -0.25) is 13.8 Å². The van der Waals surface area contributed by atoms with Crippen LogP contribution >= 0.6 is 7.82 Å². The van der Waals surface area contributed by atoms with E-state index in [2.05, 4.69) is 43.5 Å².